The van der Waals surface area contributed by atoms with Crippen LogP contribution in [0.15, 0.2) is 29.2 Å². The molecule has 0 amide bonds. The van der Waals surface area contributed by atoms with Gasteiger partial charge < -0.3 is 5.11 Å². The highest BCUT2D eigenvalue weighted by Crippen LogP contribution is 2.22. The third-order valence-corrected chi connectivity index (χ3v) is 3.99. The molecule has 1 rings (SSSR count). The van der Waals surface area contributed by atoms with E-state index in [9.17, 15) is 4.79 Å². The molecule has 0 saturated heterocycles. The maximum atomic E-state index is 10.8. The number of carboxylic acids is 1. The molecule has 0 radical (unpaired) electrons. The first-order valence-corrected chi connectivity index (χ1v) is 7.25. The maximum absolute atomic E-state index is 10.8. The number of carbonyl (C=O) groups is 1. The Labute approximate surface area is 113 Å². The van der Waals surface area contributed by atoms with Gasteiger partial charge in [-0.25, -0.2) is 0 Å². The van der Waals surface area contributed by atoms with Crippen LogP contribution in [0.25, 0.3) is 0 Å². The third kappa shape index (κ3) is 4.03. The van der Waals surface area contributed by atoms with Crippen molar-refractivity contribution in [3.05, 3.63) is 29.8 Å². The van der Waals surface area contributed by atoms with E-state index < -0.39 is 5.97 Å². The molecule has 0 aliphatic carbocycles. The molecule has 4 heteroatoms. The molecule has 2 atom stereocenters. The Morgan fingerprint density at radius 1 is 1.33 bits per heavy atom. The fourth-order valence-electron chi connectivity index (χ4n) is 1.81. The molecule has 0 aliphatic heterocycles. The zero-order valence-electron chi connectivity index (χ0n) is 11.4. The minimum Gasteiger partial charge on any atom is -0.481 e. The first-order chi connectivity index (χ1) is 8.45. The number of benzene rings is 1. The predicted octanol–water partition coefficient (Wildman–Crippen LogP) is 3.12. The van der Waals surface area contributed by atoms with Gasteiger partial charge in [0.2, 0.25) is 0 Å². The van der Waals surface area contributed by atoms with Crippen molar-refractivity contribution >= 4 is 17.7 Å². The van der Waals surface area contributed by atoms with Crippen LogP contribution in [0, 0.1) is 5.92 Å². The molecule has 100 valence electrons. The molecule has 0 saturated carbocycles. The van der Waals surface area contributed by atoms with Crippen molar-refractivity contribution < 1.29 is 9.90 Å². The zero-order valence-corrected chi connectivity index (χ0v) is 12.2. The summed E-state index contributed by atoms with van der Waals surface area (Å²) >= 11 is 1.72. The van der Waals surface area contributed by atoms with Crippen LogP contribution in [0.1, 0.15) is 25.5 Å². The zero-order chi connectivity index (χ0) is 13.7. The molecular weight excluding hydrogens is 246 g/mol. The van der Waals surface area contributed by atoms with Gasteiger partial charge in [-0.05, 0) is 37.9 Å². The maximum Gasteiger partial charge on any atom is 0.307 e. The molecule has 0 aromatic heterocycles. The van der Waals surface area contributed by atoms with Crippen LogP contribution in [-0.4, -0.2) is 35.8 Å². The molecule has 0 aliphatic rings. The number of carboxylic acid groups (broad SMARTS) is 1. The van der Waals surface area contributed by atoms with Gasteiger partial charge >= 0.3 is 5.97 Å². The highest BCUT2D eigenvalue weighted by molar-refractivity contribution is 7.98. The van der Waals surface area contributed by atoms with Crippen molar-refractivity contribution in [1.29, 1.82) is 0 Å². The van der Waals surface area contributed by atoms with E-state index in [1.807, 2.05) is 7.05 Å². The van der Waals surface area contributed by atoms with E-state index in [4.69, 9.17) is 5.11 Å². The molecule has 0 spiro atoms. The second kappa shape index (κ2) is 6.81. The number of nitrogens with zero attached hydrogens (tertiary/aromatic N) is 1. The fourth-order valence-corrected chi connectivity index (χ4v) is 2.21. The average molecular weight is 267 g/mol. The van der Waals surface area contributed by atoms with E-state index in [-0.39, 0.29) is 12.0 Å². The van der Waals surface area contributed by atoms with Crippen LogP contribution in [0.5, 0.6) is 0 Å². The first kappa shape index (κ1) is 15.1. The van der Waals surface area contributed by atoms with Crippen molar-refractivity contribution in [1.82, 2.24) is 4.90 Å². The minimum absolute atomic E-state index is 0.225. The lowest BCUT2D eigenvalue weighted by molar-refractivity contribution is -0.141. The summed E-state index contributed by atoms with van der Waals surface area (Å²) in [5, 5.41) is 8.92. The van der Waals surface area contributed by atoms with E-state index in [0.29, 0.717) is 6.54 Å². The summed E-state index contributed by atoms with van der Waals surface area (Å²) in [6.45, 7) is 4.39. The van der Waals surface area contributed by atoms with Gasteiger partial charge in [-0.2, -0.15) is 0 Å². The van der Waals surface area contributed by atoms with E-state index >= 15 is 0 Å². The van der Waals surface area contributed by atoms with Gasteiger partial charge in [-0.15, -0.1) is 11.8 Å². The minimum atomic E-state index is -0.744. The fraction of sp³-hybridized carbons (Fsp3) is 0.500. The molecule has 2 unspecified atom stereocenters. The van der Waals surface area contributed by atoms with E-state index in [1.165, 1.54) is 10.5 Å². The number of thioether (sulfide) groups is 1. The topological polar surface area (TPSA) is 40.5 Å². The normalized spacial score (nSPS) is 14.5. The van der Waals surface area contributed by atoms with Crippen molar-refractivity contribution in [3.8, 4) is 0 Å². The summed E-state index contributed by atoms with van der Waals surface area (Å²) in [7, 11) is 1.96. The Morgan fingerprint density at radius 2 is 1.89 bits per heavy atom. The molecule has 0 fully saturated rings. The number of hydrogen-bond acceptors (Lipinski definition) is 3. The predicted molar refractivity (Wildman–Crippen MR) is 76.1 cm³/mol. The van der Waals surface area contributed by atoms with Gasteiger partial charge in [0.05, 0.1) is 5.92 Å². The Morgan fingerprint density at radius 3 is 2.33 bits per heavy atom. The first-order valence-electron chi connectivity index (χ1n) is 6.02. The molecule has 18 heavy (non-hydrogen) atoms. The lowest BCUT2D eigenvalue weighted by Gasteiger charge is -2.26. The van der Waals surface area contributed by atoms with Crippen LogP contribution >= 0.6 is 11.8 Å². The molecule has 0 heterocycles. The van der Waals surface area contributed by atoms with Gasteiger partial charge in [0.1, 0.15) is 0 Å². The molecule has 0 bridgehead atoms. The summed E-state index contributed by atoms with van der Waals surface area (Å²) in [5.41, 5.74) is 1.22. The Hall–Kier alpha value is -1.00. The van der Waals surface area contributed by atoms with Crippen LogP contribution in [0.2, 0.25) is 0 Å². The standard InChI is InChI=1S/C14H21NO2S/c1-10(14(16)17)9-15(3)11(2)12-5-7-13(18-4)8-6-12/h5-8,10-11H,9H2,1-4H3,(H,16,17). The van der Waals surface area contributed by atoms with Gasteiger partial charge in [0.15, 0.2) is 0 Å². The smallest absolute Gasteiger partial charge is 0.307 e. The molecule has 1 N–H and O–H groups in total. The largest absolute Gasteiger partial charge is 0.481 e. The van der Waals surface area contributed by atoms with E-state index in [2.05, 4.69) is 42.3 Å². The number of rotatable bonds is 6. The van der Waals surface area contributed by atoms with E-state index in [0.717, 1.165) is 0 Å². The third-order valence-electron chi connectivity index (χ3n) is 3.24. The van der Waals surface area contributed by atoms with Gasteiger partial charge in [0.25, 0.3) is 0 Å². The Kier molecular flexibility index (Phi) is 5.69. The second-order valence-electron chi connectivity index (χ2n) is 4.63. The summed E-state index contributed by atoms with van der Waals surface area (Å²) in [6.07, 6.45) is 2.05. The lowest BCUT2D eigenvalue weighted by Crippen LogP contribution is -2.30. The quantitative estimate of drug-likeness (QED) is 0.804. The van der Waals surface area contributed by atoms with Crippen LogP contribution in [-0.2, 0) is 4.79 Å². The van der Waals surface area contributed by atoms with E-state index in [1.54, 1.807) is 18.7 Å². The molecule has 3 nitrogen and oxygen atoms in total. The van der Waals surface area contributed by atoms with Crippen molar-refractivity contribution in [2.24, 2.45) is 5.92 Å². The number of aliphatic carboxylic acids is 1. The van der Waals surface area contributed by atoms with Gasteiger partial charge in [-0.3, -0.25) is 9.69 Å². The highest BCUT2D eigenvalue weighted by Gasteiger charge is 2.18. The van der Waals surface area contributed by atoms with Gasteiger partial charge in [0, 0.05) is 17.5 Å². The molecular formula is C14H21NO2S. The van der Waals surface area contributed by atoms with Crippen LogP contribution < -0.4 is 0 Å². The van der Waals surface area contributed by atoms with Crippen molar-refractivity contribution in [2.45, 2.75) is 24.8 Å². The second-order valence-corrected chi connectivity index (χ2v) is 5.51. The SMILES string of the molecule is CSc1ccc(C(C)N(C)CC(C)C(=O)O)cc1. The summed E-state index contributed by atoms with van der Waals surface area (Å²) in [6, 6.07) is 8.65. The summed E-state index contributed by atoms with van der Waals surface area (Å²) in [5.74, 6) is -1.09. The Balaban J connectivity index is 2.67. The monoisotopic (exact) mass is 267 g/mol. The van der Waals surface area contributed by atoms with Gasteiger partial charge in [-0.1, -0.05) is 19.1 Å². The van der Waals surface area contributed by atoms with Crippen LogP contribution in [0.3, 0.4) is 0 Å². The number of hydrogen-bond donors (Lipinski definition) is 1. The highest BCUT2D eigenvalue weighted by atomic mass is 32.2. The van der Waals surface area contributed by atoms with Crippen molar-refractivity contribution in [3.63, 3.8) is 0 Å². The Bertz CT molecular complexity index is 391. The molecule has 1 aromatic rings. The summed E-state index contributed by atoms with van der Waals surface area (Å²) in [4.78, 5) is 14.2. The summed E-state index contributed by atoms with van der Waals surface area (Å²) < 4.78 is 0. The van der Waals surface area contributed by atoms with Crippen LogP contribution in [0.4, 0.5) is 0 Å². The van der Waals surface area contributed by atoms with Crippen molar-refractivity contribution in [2.75, 3.05) is 19.8 Å². The lowest BCUT2D eigenvalue weighted by atomic mass is 10.1. The molecule has 1 aromatic carbocycles. The average Bonchev–Trinajstić information content (AvgIpc) is 2.37.